The predicted molar refractivity (Wildman–Crippen MR) is 79.9 cm³/mol. The summed E-state index contributed by atoms with van der Waals surface area (Å²) >= 11 is 0. The van der Waals surface area contributed by atoms with E-state index < -0.39 is 17.9 Å². The van der Waals surface area contributed by atoms with Gasteiger partial charge in [-0.05, 0) is 13.3 Å². The van der Waals surface area contributed by atoms with Gasteiger partial charge in [0.25, 0.3) is 0 Å². The number of nitrogens with one attached hydrogen (secondary N) is 3. The largest absolute Gasteiger partial charge is 0.480 e. The molecular weight excluding hydrogens is 290 g/mol. The van der Waals surface area contributed by atoms with Crippen molar-refractivity contribution in [3.63, 3.8) is 0 Å². The lowest BCUT2D eigenvalue weighted by Gasteiger charge is -2.12. The standard InChI is InChI=1S/C14H23N3O5/c1-3-4-5-11(14(21)22)17-13(20)7-6-12(19)16-9-8-15-10(2)18/h3-4,11H,5-9H2,1-2H3,(H,15,18)(H,16,19)(H,17,20)(H,21,22)/b4-3+. The number of carbonyl (C=O) groups excluding carboxylic acids is 3. The molecule has 1 atom stereocenters. The molecule has 8 nitrogen and oxygen atoms in total. The van der Waals surface area contributed by atoms with Crippen molar-refractivity contribution >= 4 is 23.7 Å². The molecule has 0 aromatic heterocycles. The van der Waals surface area contributed by atoms with Gasteiger partial charge < -0.3 is 21.1 Å². The molecule has 0 bridgehead atoms. The molecule has 0 aliphatic rings. The van der Waals surface area contributed by atoms with Gasteiger partial charge in [0.1, 0.15) is 6.04 Å². The lowest BCUT2D eigenvalue weighted by atomic mass is 10.2. The molecule has 4 N–H and O–H groups in total. The number of rotatable bonds is 10. The second kappa shape index (κ2) is 11.3. The first kappa shape index (κ1) is 19.6. The molecular formula is C14H23N3O5. The Kier molecular flexibility index (Phi) is 10.1. The molecule has 0 aromatic rings. The summed E-state index contributed by atoms with van der Waals surface area (Å²) in [7, 11) is 0. The van der Waals surface area contributed by atoms with Crippen molar-refractivity contribution in [3.05, 3.63) is 12.2 Å². The zero-order valence-corrected chi connectivity index (χ0v) is 12.8. The van der Waals surface area contributed by atoms with Gasteiger partial charge in [-0.15, -0.1) is 0 Å². The van der Waals surface area contributed by atoms with Crippen LogP contribution in [-0.2, 0) is 19.2 Å². The molecule has 0 aromatic carbocycles. The van der Waals surface area contributed by atoms with E-state index in [1.807, 2.05) is 0 Å². The van der Waals surface area contributed by atoms with Crippen LogP contribution in [-0.4, -0.2) is 47.9 Å². The molecule has 22 heavy (non-hydrogen) atoms. The SMILES string of the molecule is C/C=C/CC(NC(=O)CCC(=O)NCCNC(C)=O)C(=O)O. The fourth-order valence-corrected chi connectivity index (χ4v) is 1.52. The Balaban J connectivity index is 3.97. The first-order valence-electron chi connectivity index (χ1n) is 7.01. The Morgan fingerprint density at radius 2 is 1.64 bits per heavy atom. The number of carboxylic acids is 1. The number of aliphatic carboxylic acids is 1. The quantitative estimate of drug-likeness (QED) is 0.321. The van der Waals surface area contributed by atoms with Crippen molar-refractivity contribution in [1.82, 2.24) is 16.0 Å². The highest BCUT2D eigenvalue weighted by atomic mass is 16.4. The van der Waals surface area contributed by atoms with Gasteiger partial charge in [-0.2, -0.15) is 0 Å². The van der Waals surface area contributed by atoms with Crippen LogP contribution in [0.2, 0.25) is 0 Å². The van der Waals surface area contributed by atoms with E-state index in [0.717, 1.165) is 0 Å². The summed E-state index contributed by atoms with van der Waals surface area (Å²) in [4.78, 5) is 44.6. The summed E-state index contributed by atoms with van der Waals surface area (Å²) < 4.78 is 0. The smallest absolute Gasteiger partial charge is 0.326 e. The topological polar surface area (TPSA) is 125 Å². The van der Waals surface area contributed by atoms with Crippen LogP contribution in [0.4, 0.5) is 0 Å². The number of allylic oxidation sites excluding steroid dienone is 1. The van der Waals surface area contributed by atoms with E-state index in [9.17, 15) is 19.2 Å². The Labute approximate surface area is 129 Å². The van der Waals surface area contributed by atoms with Crippen molar-refractivity contribution < 1.29 is 24.3 Å². The summed E-state index contributed by atoms with van der Waals surface area (Å²) in [5.41, 5.74) is 0. The number of amides is 3. The minimum absolute atomic E-state index is 0.0398. The summed E-state index contributed by atoms with van der Waals surface area (Å²) in [6, 6.07) is -0.994. The highest BCUT2D eigenvalue weighted by molar-refractivity contribution is 5.87. The molecule has 0 rings (SSSR count). The normalized spacial score (nSPS) is 11.7. The van der Waals surface area contributed by atoms with Gasteiger partial charge in [-0.3, -0.25) is 14.4 Å². The van der Waals surface area contributed by atoms with Gasteiger partial charge in [0.15, 0.2) is 0 Å². The third-order valence-corrected chi connectivity index (χ3v) is 2.64. The number of hydrogen-bond donors (Lipinski definition) is 4. The minimum atomic E-state index is -1.12. The van der Waals surface area contributed by atoms with Crippen molar-refractivity contribution in [3.8, 4) is 0 Å². The molecule has 0 heterocycles. The monoisotopic (exact) mass is 313 g/mol. The molecule has 0 radical (unpaired) electrons. The van der Waals surface area contributed by atoms with Crippen molar-refractivity contribution in [2.24, 2.45) is 0 Å². The van der Waals surface area contributed by atoms with E-state index in [1.54, 1.807) is 19.1 Å². The summed E-state index contributed by atoms with van der Waals surface area (Å²) in [6.45, 7) is 3.72. The van der Waals surface area contributed by atoms with Crippen LogP contribution in [0.25, 0.3) is 0 Å². The summed E-state index contributed by atoms with van der Waals surface area (Å²) in [6.07, 6.45) is 3.41. The number of carboxylic acid groups (broad SMARTS) is 1. The molecule has 0 spiro atoms. The van der Waals surface area contributed by atoms with E-state index in [2.05, 4.69) is 16.0 Å². The molecule has 124 valence electrons. The molecule has 0 saturated carbocycles. The second-order valence-corrected chi connectivity index (χ2v) is 4.60. The second-order valence-electron chi connectivity index (χ2n) is 4.60. The van der Waals surface area contributed by atoms with Crippen molar-refractivity contribution in [2.75, 3.05) is 13.1 Å². The Bertz CT molecular complexity index is 434. The average Bonchev–Trinajstić information content (AvgIpc) is 2.45. The lowest BCUT2D eigenvalue weighted by molar-refractivity contribution is -0.141. The molecule has 1 unspecified atom stereocenters. The van der Waals surface area contributed by atoms with Gasteiger partial charge >= 0.3 is 5.97 Å². The summed E-state index contributed by atoms with van der Waals surface area (Å²) in [5, 5.41) is 16.4. The van der Waals surface area contributed by atoms with Crippen LogP contribution in [0.5, 0.6) is 0 Å². The van der Waals surface area contributed by atoms with Crippen LogP contribution in [0, 0.1) is 0 Å². The maximum atomic E-state index is 11.6. The molecule has 0 aliphatic heterocycles. The predicted octanol–water partition coefficient (Wildman–Crippen LogP) is -0.445. The van der Waals surface area contributed by atoms with Gasteiger partial charge in [0.05, 0.1) is 0 Å². The first-order valence-corrected chi connectivity index (χ1v) is 7.01. The molecule has 8 heteroatoms. The molecule has 0 aliphatic carbocycles. The first-order chi connectivity index (χ1) is 10.4. The Hall–Kier alpha value is -2.38. The van der Waals surface area contributed by atoms with E-state index in [1.165, 1.54) is 6.92 Å². The maximum Gasteiger partial charge on any atom is 0.326 e. The van der Waals surface area contributed by atoms with E-state index in [0.29, 0.717) is 6.54 Å². The minimum Gasteiger partial charge on any atom is -0.480 e. The maximum absolute atomic E-state index is 11.6. The van der Waals surface area contributed by atoms with Crippen LogP contribution in [0.3, 0.4) is 0 Å². The van der Waals surface area contributed by atoms with Crippen LogP contribution in [0.15, 0.2) is 12.2 Å². The van der Waals surface area contributed by atoms with Gasteiger partial charge in [-0.25, -0.2) is 4.79 Å². The van der Waals surface area contributed by atoms with Gasteiger partial charge in [0, 0.05) is 32.9 Å². The fourth-order valence-electron chi connectivity index (χ4n) is 1.52. The van der Waals surface area contributed by atoms with E-state index in [4.69, 9.17) is 5.11 Å². The number of carbonyl (C=O) groups is 4. The highest BCUT2D eigenvalue weighted by Crippen LogP contribution is 1.97. The highest BCUT2D eigenvalue weighted by Gasteiger charge is 2.18. The fraction of sp³-hybridized carbons (Fsp3) is 0.571. The van der Waals surface area contributed by atoms with Crippen molar-refractivity contribution in [2.45, 2.75) is 39.2 Å². The Morgan fingerprint density at radius 1 is 1.05 bits per heavy atom. The van der Waals surface area contributed by atoms with E-state index in [-0.39, 0.29) is 37.6 Å². The molecule has 0 saturated heterocycles. The van der Waals surface area contributed by atoms with Crippen LogP contribution >= 0.6 is 0 Å². The zero-order valence-electron chi connectivity index (χ0n) is 12.8. The number of hydrogen-bond acceptors (Lipinski definition) is 4. The van der Waals surface area contributed by atoms with Crippen LogP contribution in [0.1, 0.15) is 33.1 Å². The average molecular weight is 313 g/mol. The molecule has 0 fully saturated rings. The lowest BCUT2D eigenvalue weighted by Crippen LogP contribution is -2.41. The van der Waals surface area contributed by atoms with Crippen LogP contribution < -0.4 is 16.0 Å². The third-order valence-electron chi connectivity index (χ3n) is 2.64. The Morgan fingerprint density at radius 3 is 2.18 bits per heavy atom. The molecule has 3 amide bonds. The van der Waals surface area contributed by atoms with Gasteiger partial charge in [-0.1, -0.05) is 12.2 Å². The van der Waals surface area contributed by atoms with Gasteiger partial charge in [0.2, 0.25) is 17.7 Å². The van der Waals surface area contributed by atoms with E-state index >= 15 is 0 Å². The third kappa shape index (κ3) is 10.4. The summed E-state index contributed by atoms with van der Waals surface area (Å²) in [5.74, 6) is -2.13. The zero-order chi connectivity index (χ0) is 17.0. The van der Waals surface area contributed by atoms with Crippen molar-refractivity contribution in [1.29, 1.82) is 0 Å².